The standard InChI is InChI=1S/C12H18BrN3S/c1-12(11(14)15)2-4-16(5-3-12)7-10-6-9(13)8-17-10/h6,8H,2-5,7H2,1H3,(H3,14,15). The van der Waals surface area contributed by atoms with Crippen molar-refractivity contribution in [1.82, 2.24) is 4.90 Å². The van der Waals surface area contributed by atoms with E-state index in [-0.39, 0.29) is 5.41 Å². The lowest BCUT2D eigenvalue weighted by atomic mass is 9.79. The fourth-order valence-electron chi connectivity index (χ4n) is 2.13. The Balaban J connectivity index is 1.89. The summed E-state index contributed by atoms with van der Waals surface area (Å²) in [7, 11) is 0. The molecule has 1 saturated heterocycles. The lowest BCUT2D eigenvalue weighted by molar-refractivity contribution is 0.157. The summed E-state index contributed by atoms with van der Waals surface area (Å²) >= 11 is 5.28. The highest BCUT2D eigenvalue weighted by Gasteiger charge is 2.32. The molecule has 1 aliphatic rings. The normalized spacial score (nSPS) is 20.4. The van der Waals surface area contributed by atoms with Gasteiger partial charge < -0.3 is 5.73 Å². The highest BCUT2D eigenvalue weighted by molar-refractivity contribution is 9.10. The van der Waals surface area contributed by atoms with Crippen LogP contribution in [0.15, 0.2) is 15.9 Å². The molecule has 0 radical (unpaired) electrons. The molecule has 1 fully saturated rings. The zero-order valence-electron chi connectivity index (χ0n) is 10.0. The van der Waals surface area contributed by atoms with Crippen molar-refractivity contribution in [1.29, 1.82) is 5.41 Å². The Hall–Kier alpha value is -0.390. The maximum atomic E-state index is 7.63. The summed E-state index contributed by atoms with van der Waals surface area (Å²) in [6.45, 7) is 5.19. The molecule has 5 heteroatoms. The van der Waals surface area contributed by atoms with Gasteiger partial charge >= 0.3 is 0 Å². The topological polar surface area (TPSA) is 53.1 Å². The third-order valence-electron chi connectivity index (χ3n) is 3.61. The van der Waals surface area contributed by atoms with Gasteiger partial charge in [0.25, 0.3) is 0 Å². The molecule has 1 aromatic rings. The summed E-state index contributed by atoms with van der Waals surface area (Å²) < 4.78 is 1.17. The Bertz CT molecular complexity index is 408. The lowest BCUT2D eigenvalue weighted by Gasteiger charge is -2.38. The molecule has 1 aliphatic heterocycles. The first kappa shape index (κ1) is 13.1. The first-order chi connectivity index (χ1) is 7.99. The molecule has 17 heavy (non-hydrogen) atoms. The van der Waals surface area contributed by atoms with E-state index < -0.39 is 0 Å². The van der Waals surface area contributed by atoms with Crippen molar-refractivity contribution in [3.63, 3.8) is 0 Å². The molecule has 0 bridgehead atoms. The van der Waals surface area contributed by atoms with E-state index >= 15 is 0 Å². The summed E-state index contributed by atoms with van der Waals surface area (Å²) in [5.41, 5.74) is 5.59. The molecular formula is C12H18BrN3S. The Morgan fingerprint density at radius 3 is 2.71 bits per heavy atom. The number of hydrogen-bond acceptors (Lipinski definition) is 3. The minimum Gasteiger partial charge on any atom is -0.387 e. The van der Waals surface area contributed by atoms with Gasteiger partial charge in [-0.2, -0.15) is 0 Å². The molecule has 0 atom stereocenters. The highest BCUT2D eigenvalue weighted by atomic mass is 79.9. The molecule has 94 valence electrons. The van der Waals surface area contributed by atoms with Crippen molar-refractivity contribution in [2.24, 2.45) is 11.1 Å². The van der Waals surface area contributed by atoms with E-state index in [1.54, 1.807) is 11.3 Å². The minimum atomic E-state index is -0.0769. The third-order valence-corrected chi connectivity index (χ3v) is 5.29. The van der Waals surface area contributed by atoms with Crippen LogP contribution in [-0.2, 0) is 6.54 Å². The van der Waals surface area contributed by atoms with Gasteiger partial charge in [0.1, 0.15) is 0 Å². The Labute approximate surface area is 115 Å². The van der Waals surface area contributed by atoms with Crippen molar-refractivity contribution in [3.05, 3.63) is 20.8 Å². The van der Waals surface area contributed by atoms with Crippen LogP contribution < -0.4 is 5.73 Å². The zero-order valence-corrected chi connectivity index (χ0v) is 12.4. The van der Waals surface area contributed by atoms with Gasteiger partial charge in [-0.15, -0.1) is 11.3 Å². The molecule has 2 rings (SSSR count). The van der Waals surface area contributed by atoms with E-state index in [1.165, 1.54) is 9.35 Å². The molecule has 0 aromatic carbocycles. The van der Waals surface area contributed by atoms with E-state index in [0.29, 0.717) is 5.84 Å². The Morgan fingerprint density at radius 2 is 2.24 bits per heavy atom. The van der Waals surface area contributed by atoms with Gasteiger partial charge in [-0.05, 0) is 47.9 Å². The number of likely N-dealkylation sites (tertiary alicyclic amines) is 1. The number of nitrogens with one attached hydrogen (secondary N) is 1. The van der Waals surface area contributed by atoms with E-state index in [9.17, 15) is 0 Å². The summed E-state index contributed by atoms with van der Waals surface area (Å²) in [6, 6.07) is 2.18. The first-order valence-electron chi connectivity index (χ1n) is 5.79. The van der Waals surface area contributed by atoms with Gasteiger partial charge in [-0.3, -0.25) is 10.3 Å². The van der Waals surface area contributed by atoms with Crippen LogP contribution in [0.2, 0.25) is 0 Å². The average molecular weight is 316 g/mol. The monoisotopic (exact) mass is 315 g/mol. The van der Waals surface area contributed by atoms with E-state index in [0.717, 1.165) is 32.5 Å². The zero-order chi connectivity index (χ0) is 12.5. The molecule has 1 aromatic heterocycles. The van der Waals surface area contributed by atoms with Gasteiger partial charge in [0.05, 0.1) is 5.84 Å². The second kappa shape index (κ2) is 5.08. The predicted molar refractivity (Wildman–Crippen MR) is 76.6 cm³/mol. The fourth-order valence-corrected chi connectivity index (χ4v) is 3.62. The van der Waals surface area contributed by atoms with Gasteiger partial charge in [0.15, 0.2) is 0 Å². The van der Waals surface area contributed by atoms with Crippen LogP contribution in [0.3, 0.4) is 0 Å². The molecular weight excluding hydrogens is 298 g/mol. The second-order valence-electron chi connectivity index (χ2n) is 4.98. The number of rotatable bonds is 3. The van der Waals surface area contributed by atoms with Crippen LogP contribution in [0.5, 0.6) is 0 Å². The lowest BCUT2D eigenvalue weighted by Crippen LogP contribution is -2.44. The molecule has 2 heterocycles. The summed E-state index contributed by atoms with van der Waals surface area (Å²) in [4.78, 5) is 3.84. The third kappa shape index (κ3) is 3.09. The average Bonchev–Trinajstić information content (AvgIpc) is 2.67. The van der Waals surface area contributed by atoms with E-state index in [1.807, 2.05) is 0 Å². The number of halogens is 1. The number of thiophene rings is 1. The summed E-state index contributed by atoms with van der Waals surface area (Å²) in [5.74, 6) is 0.344. The molecule has 3 nitrogen and oxygen atoms in total. The fraction of sp³-hybridized carbons (Fsp3) is 0.583. The summed E-state index contributed by atoms with van der Waals surface area (Å²) in [6.07, 6.45) is 1.99. The maximum Gasteiger partial charge on any atom is 0.0966 e. The van der Waals surface area contributed by atoms with E-state index in [2.05, 4.69) is 39.2 Å². The number of piperidine rings is 1. The van der Waals surface area contributed by atoms with Crippen molar-refractivity contribution >= 4 is 33.1 Å². The summed E-state index contributed by atoms with van der Waals surface area (Å²) in [5, 5.41) is 9.75. The van der Waals surface area contributed by atoms with Crippen LogP contribution in [0.4, 0.5) is 0 Å². The predicted octanol–water partition coefficient (Wildman–Crippen LogP) is 3.05. The Kier molecular flexibility index (Phi) is 3.90. The van der Waals surface area contributed by atoms with Gasteiger partial charge in [0.2, 0.25) is 0 Å². The molecule has 3 N–H and O–H groups in total. The van der Waals surface area contributed by atoms with Crippen molar-refractivity contribution in [2.45, 2.75) is 26.3 Å². The second-order valence-corrected chi connectivity index (χ2v) is 6.89. The number of amidine groups is 1. The van der Waals surface area contributed by atoms with Crippen LogP contribution in [0.25, 0.3) is 0 Å². The number of nitrogens with two attached hydrogens (primary N) is 1. The quantitative estimate of drug-likeness (QED) is 0.665. The number of hydrogen-bond donors (Lipinski definition) is 2. The Morgan fingerprint density at radius 1 is 1.59 bits per heavy atom. The van der Waals surface area contributed by atoms with Crippen LogP contribution in [-0.4, -0.2) is 23.8 Å². The largest absolute Gasteiger partial charge is 0.387 e. The van der Waals surface area contributed by atoms with Crippen LogP contribution in [0.1, 0.15) is 24.6 Å². The van der Waals surface area contributed by atoms with Crippen molar-refractivity contribution in [2.75, 3.05) is 13.1 Å². The van der Waals surface area contributed by atoms with Gasteiger partial charge in [-0.1, -0.05) is 6.92 Å². The van der Waals surface area contributed by atoms with Crippen LogP contribution >= 0.6 is 27.3 Å². The molecule has 0 saturated carbocycles. The first-order valence-corrected chi connectivity index (χ1v) is 7.47. The molecule has 0 unspecified atom stereocenters. The number of nitrogens with zero attached hydrogens (tertiary/aromatic N) is 1. The minimum absolute atomic E-state index is 0.0769. The van der Waals surface area contributed by atoms with Gasteiger partial charge in [-0.25, -0.2) is 0 Å². The molecule has 0 spiro atoms. The molecule has 0 aliphatic carbocycles. The van der Waals surface area contributed by atoms with Crippen molar-refractivity contribution in [3.8, 4) is 0 Å². The van der Waals surface area contributed by atoms with E-state index in [4.69, 9.17) is 11.1 Å². The van der Waals surface area contributed by atoms with Gasteiger partial charge in [0, 0.05) is 26.7 Å². The van der Waals surface area contributed by atoms with Crippen LogP contribution in [0, 0.1) is 10.8 Å². The highest BCUT2D eigenvalue weighted by Crippen LogP contribution is 2.31. The molecule has 0 amide bonds. The maximum absolute atomic E-state index is 7.63. The van der Waals surface area contributed by atoms with Crippen molar-refractivity contribution < 1.29 is 0 Å². The smallest absolute Gasteiger partial charge is 0.0966 e. The SMILES string of the molecule is CC1(C(=N)N)CCN(Cc2cc(Br)cs2)CC1.